The summed E-state index contributed by atoms with van der Waals surface area (Å²) in [6.45, 7) is 23.4. The minimum atomic E-state index is -1.75. The van der Waals surface area contributed by atoms with Crippen LogP contribution in [0.3, 0.4) is 0 Å². The molecule has 0 radical (unpaired) electrons. The Morgan fingerprint density at radius 1 is 0.414 bits per heavy atom. The molecule has 0 aromatic heterocycles. The third kappa shape index (κ3) is 39.9. The maximum absolute atomic E-state index is 6.84. The maximum atomic E-state index is 6.84. The summed E-state index contributed by atoms with van der Waals surface area (Å²) in [7, 11) is -3.51. The lowest BCUT2D eigenvalue weighted by atomic mass is 10.1. The van der Waals surface area contributed by atoms with Gasteiger partial charge in [0.05, 0.1) is 6.54 Å². The van der Waals surface area contributed by atoms with Crippen molar-refractivity contribution in [1.82, 2.24) is 4.90 Å². The van der Waals surface area contributed by atoms with E-state index in [4.69, 9.17) is 24.7 Å². The van der Waals surface area contributed by atoms with Crippen LogP contribution in [-0.2, 0) is 18.3 Å². The Labute approximate surface area is 367 Å². The Morgan fingerprint density at radius 3 is 1.07 bits per heavy atom. The topological polar surface area (TPSA) is 40.2 Å². The van der Waals surface area contributed by atoms with E-state index in [9.17, 15) is 0 Å². The fourth-order valence-electron chi connectivity index (χ4n) is 8.08. The van der Waals surface area contributed by atoms with Crippen molar-refractivity contribution in [2.45, 2.75) is 284 Å². The van der Waals surface area contributed by atoms with Gasteiger partial charge >= 0.3 is 0 Å². The van der Waals surface area contributed by atoms with Gasteiger partial charge in [0.2, 0.25) is 0 Å². The van der Waals surface area contributed by atoms with Gasteiger partial charge in [-0.15, -0.1) is 6.42 Å². The normalized spacial score (nSPS) is 13.4. The molecular formula is C51H105NO4Si2. The second-order valence-electron chi connectivity index (χ2n) is 19.1. The van der Waals surface area contributed by atoms with Crippen molar-refractivity contribution < 1.29 is 18.3 Å². The van der Waals surface area contributed by atoms with Gasteiger partial charge in [-0.3, -0.25) is 4.90 Å². The summed E-state index contributed by atoms with van der Waals surface area (Å²) in [5.41, 5.74) is 0. The maximum Gasteiger partial charge on any atom is 0.190 e. The van der Waals surface area contributed by atoms with E-state index < -0.39 is 16.6 Å². The number of hydrogen-bond donors (Lipinski definition) is 0. The molecule has 5 nitrogen and oxygen atoms in total. The van der Waals surface area contributed by atoms with Crippen molar-refractivity contribution in [1.29, 1.82) is 0 Å². The first-order valence-corrected chi connectivity index (χ1v) is 32.1. The number of ether oxygens (including phenoxy) is 2. The third-order valence-electron chi connectivity index (χ3n) is 11.9. The minimum absolute atomic E-state index is 0.0365. The van der Waals surface area contributed by atoms with E-state index in [1.54, 1.807) is 0 Å². The van der Waals surface area contributed by atoms with Crippen LogP contribution in [0, 0.1) is 12.3 Å². The molecule has 0 heterocycles. The van der Waals surface area contributed by atoms with Crippen LogP contribution < -0.4 is 0 Å². The molecule has 0 bridgehead atoms. The van der Waals surface area contributed by atoms with E-state index in [0.717, 1.165) is 71.4 Å². The summed E-state index contributed by atoms with van der Waals surface area (Å²) in [5, 5.41) is 0. The lowest BCUT2D eigenvalue weighted by Crippen LogP contribution is -2.37. The summed E-state index contributed by atoms with van der Waals surface area (Å²) < 4.78 is 26.6. The summed E-state index contributed by atoms with van der Waals surface area (Å²) >= 11 is 0. The molecule has 0 saturated carbocycles. The van der Waals surface area contributed by atoms with Crippen molar-refractivity contribution in [2.75, 3.05) is 32.8 Å². The molecule has 0 aliphatic heterocycles. The number of terminal acetylenes is 1. The molecule has 2 unspecified atom stereocenters. The molecule has 2 atom stereocenters. The smallest absolute Gasteiger partial charge is 0.190 e. The van der Waals surface area contributed by atoms with Crippen LogP contribution in [0.2, 0.25) is 38.3 Å². The van der Waals surface area contributed by atoms with E-state index >= 15 is 0 Å². The molecule has 7 heteroatoms. The molecule has 0 N–H and O–H groups in total. The van der Waals surface area contributed by atoms with Gasteiger partial charge in [-0.2, -0.15) is 0 Å². The van der Waals surface area contributed by atoms with Gasteiger partial charge in [0.25, 0.3) is 0 Å². The predicted molar refractivity (Wildman–Crippen MR) is 262 cm³/mol. The summed E-state index contributed by atoms with van der Waals surface area (Å²) in [6.07, 6.45) is 46.6. The molecule has 0 amide bonds. The molecule has 0 aromatic carbocycles. The van der Waals surface area contributed by atoms with Crippen molar-refractivity contribution in [3.63, 3.8) is 0 Å². The first-order chi connectivity index (χ1) is 28.1. The fraction of sp³-hybridized carbons (Fsp3) is 0.961. The highest BCUT2D eigenvalue weighted by Crippen LogP contribution is 2.24. The number of hydrogen-bond acceptors (Lipinski definition) is 5. The zero-order chi connectivity index (χ0) is 42.8. The Kier molecular flexibility index (Phi) is 42.0. The van der Waals surface area contributed by atoms with Gasteiger partial charge in [-0.05, 0) is 103 Å². The molecule has 0 fully saturated rings. The Hall–Kier alpha value is -0.206. The minimum Gasteiger partial charge on any atom is -0.393 e. The van der Waals surface area contributed by atoms with Crippen LogP contribution in [0.15, 0.2) is 0 Å². The first kappa shape index (κ1) is 57.8. The summed E-state index contributed by atoms with van der Waals surface area (Å²) in [4.78, 5) is 2.50. The molecule has 0 saturated heterocycles. The van der Waals surface area contributed by atoms with E-state index in [1.807, 2.05) is 0 Å². The van der Waals surface area contributed by atoms with Crippen molar-refractivity contribution in [3.8, 4) is 12.3 Å². The van der Waals surface area contributed by atoms with Crippen molar-refractivity contribution in [2.24, 2.45) is 0 Å². The van der Waals surface area contributed by atoms with Crippen LogP contribution in [0.1, 0.15) is 233 Å². The molecular weight excluding hydrogens is 747 g/mol. The first-order valence-electron chi connectivity index (χ1n) is 25.9. The third-order valence-corrected chi connectivity index (χ3v) is 16.8. The Morgan fingerprint density at radius 2 is 0.724 bits per heavy atom. The summed E-state index contributed by atoms with van der Waals surface area (Å²) in [6, 6.07) is 2.49. The van der Waals surface area contributed by atoms with Gasteiger partial charge in [0.1, 0.15) is 12.6 Å². The van der Waals surface area contributed by atoms with Crippen LogP contribution in [-0.4, -0.2) is 67.0 Å². The number of nitrogens with zero attached hydrogens (tertiary/aromatic N) is 1. The summed E-state index contributed by atoms with van der Waals surface area (Å²) in [5.74, 6) is 2.94. The van der Waals surface area contributed by atoms with Crippen LogP contribution >= 0.6 is 0 Å². The quantitative estimate of drug-likeness (QED) is 0.0264. The molecule has 0 aromatic rings. The van der Waals surface area contributed by atoms with E-state index in [2.05, 4.69) is 64.7 Å². The Balaban J connectivity index is 4.81. The van der Waals surface area contributed by atoms with E-state index in [1.165, 1.54) is 179 Å². The molecule has 58 heavy (non-hydrogen) atoms. The average Bonchev–Trinajstić information content (AvgIpc) is 3.19. The highest BCUT2D eigenvalue weighted by molar-refractivity contribution is 6.71. The van der Waals surface area contributed by atoms with Crippen LogP contribution in [0.25, 0.3) is 0 Å². The average molecular weight is 853 g/mol. The van der Waals surface area contributed by atoms with Gasteiger partial charge in [0, 0.05) is 13.2 Å². The highest BCUT2D eigenvalue weighted by atomic mass is 28.4. The van der Waals surface area contributed by atoms with E-state index in [-0.39, 0.29) is 12.6 Å². The number of unbranched alkanes of at least 4 members (excludes halogenated alkanes) is 24. The predicted octanol–water partition coefficient (Wildman–Crippen LogP) is 16.6. The Bertz CT molecular complexity index is 819. The van der Waals surface area contributed by atoms with Crippen molar-refractivity contribution in [3.05, 3.63) is 0 Å². The van der Waals surface area contributed by atoms with Gasteiger partial charge in [0.15, 0.2) is 16.6 Å². The van der Waals surface area contributed by atoms with Crippen LogP contribution in [0.4, 0.5) is 0 Å². The lowest BCUT2D eigenvalue weighted by molar-refractivity contribution is -0.0929. The standard InChI is InChI=1S/C51H105NO4Si2/c1-10-15-19-23-27-37-46-53-50(55-57(6,7)48-39-29-25-21-17-12-3)41-33-31-35-44-52(43-14-5)45-36-32-34-42-51(54-47-38-28-24-20-16-11-2)56-58(8,9)49-40-30-26-22-18-13-4/h5,50-51H,10-13,15-49H2,1-4,6-9H3. The zero-order valence-electron chi connectivity index (χ0n) is 40.9. The van der Waals surface area contributed by atoms with Crippen LogP contribution in [0.5, 0.6) is 0 Å². The second-order valence-corrected chi connectivity index (χ2v) is 27.6. The second kappa shape index (κ2) is 42.1. The monoisotopic (exact) mass is 852 g/mol. The largest absolute Gasteiger partial charge is 0.393 e. The van der Waals surface area contributed by atoms with Gasteiger partial charge < -0.3 is 18.3 Å². The zero-order valence-corrected chi connectivity index (χ0v) is 42.9. The lowest BCUT2D eigenvalue weighted by Gasteiger charge is -2.30. The molecule has 0 aliphatic rings. The highest BCUT2D eigenvalue weighted by Gasteiger charge is 2.28. The SMILES string of the molecule is C#CCN(CCCCCC(OCCCCCCCC)O[Si](C)(C)CCCCCCCC)CCCCCC(OCCCCCCCC)O[Si](C)(C)CCCCCCCC. The van der Waals surface area contributed by atoms with E-state index in [0.29, 0.717) is 0 Å². The number of rotatable bonds is 47. The molecule has 0 rings (SSSR count). The fourth-order valence-corrected chi connectivity index (χ4v) is 12.3. The molecule has 0 aliphatic carbocycles. The van der Waals surface area contributed by atoms with Crippen molar-refractivity contribution >= 4 is 16.6 Å². The molecule has 0 spiro atoms. The van der Waals surface area contributed by atoms with Gasteiger partial charge in [-0.25, -0.2) is 0 Å². The molecule has 346 valence electrons. The van der Waals surface area contributed by atoms with Gasteiger partial charge in [-0.1, -0.05) is 188 Å².